The molecular weight excluding hydrogens is 272 g/mol. The van der Waals surface area contributed by atoms with Gasteiger partial charge in [0.2, 0.25) is 5.91 Å². The molecule has 5 heteroatoms. The molecule has 20 heavy (non-hydrogen) atoms. The van der Waals surface area contributed by atoms with Gasteiger partial charge in [0, 0.05) is 17.4 Å². The Morgan fingerprint density at radius 3 is 2.65 bits per heavy atom. The van der Waals surface area contributed by atoms with E-state index in [1.165, 1.54) is 11.3 Å². The predicted molar refractivity (Wildman–Crippen MR) is 82.2 cm³/mol. The lowest BCUT2D eigenvalue weighted by Gasteiger charge is -2.09. The summed E-state index contributed by atoms with van der Waals surface area (Å²) in [7, 11) is 0. The van der Waals surface area contributed by atoms with Crippen molar-refractivity contribution in [3.8, 4) is 17.0 Å². The number of carbonyl (C=O) groups is 1. The minimum atomic E-state index is -0.0217. The molecule has 0 spiro atoms. The summed E-state index contributed by atoms with van der Waals surface area (Å²) in [6.45, 7) is 5.81. The molecule has 2 rings (SSSR count). The van der Waals surface area contributed by atoms with E-state index in [1.807, 2.05) is 50.4 Å². The molecule has 1 amide bonds. The highest BCUT2D eigenvalue weighted by molar-refractivity contribution is 7.14. The third kappa shape index (κ3) is 3.81. The number of nitrogens with one attached hydrogen (secondary N) is 1. The van der Waals surface area contributed by atoms with E-state index in [-0.39, 0.29) is 12.0 Å². The second kappa shape index (κ2) is 6.52. The van der Waals surface area contributed by atoms with E-state index in [0.717, 1.165) is 17.0 Å². The van der Waals surface area contributed by atoms with Crippen LogP contribution in [0.15, 0.2) is 29.6 Å². The van der Waals surface area contributed by atoms with Crippen LogP contribution in [0.2, 0.25) is 0 Å². The number of aromatic nitrogens is 1. The molecule has 1 aromatic carbocycles. The molecule has 0 radical (unpaired) electrons. The molecule has 1 N–H and O–H groups in total. The quantitative estimate of drug-likeness (QED) is 0.907. The zero-order valence-electron chi connectivity index (χ0n) is 11.8. The second-order valence-electron chi connectivity index (χ2n) is 4.63. The second-order valence-corrected chi connectivity index (χ2v) is 5.49. The fourth-order valence-corrected chi connectivity index (χ4v) is 2.38. The van der Waals surface area contributed by atoms with Crippen molar-refractivity contribution in [2.75, 3.05) is 5.32 Å². The molecule has 0 saturated heterocycles. The van der Waals surface area contributed by atoms with Crippen LogP contribution in [0.5, 0.6) is 5.75 Å². The summed E-state index contributed by atoms with van der Waals surface area (Å²) in [5.41, 5.74) is 1.87. The predicted octanol–water partition coefficient (Wildman–Crippen LogP) is 3.95. The van der Waals surface area contributed by atoms with Crippen LogP contribution < -0.4 is 10.1 Å². The Balaban J connectivity index is 2.10. The zero-order chi connectivity index (χ0) is 14.5. The average molecular weight is 290 g/mol. The molecule has 0 unspecified atom stereocenters. The Bertz CT molecular complexity index is 576. The van der Waals surface area contributed by atoms with Gasteiger partial charge in [0.15, 0.2) is 5.13 Å². The molecule has 1 heterocycles. The topological polar surface area (TPSA) is 51.2 Å². The van der Waals surface area contributed by atoms with Gasteiger partial charge in [-0.3, -0.25) is 4.79 Å². The van der Waals surface area contributed by atoms with Crippen molar-refractivity contribution < 1.29 is 9.53 Å². The van der Waals surface area contributed by atoms with Crippen molar-refractivity contribution in [3.05, 3.63) is 29.6 Å². The van der Waals surface area contributed by atoms with E-state index in [1.54, 1.807) is 0 Å². The Morgan fingerprint density at radius 2 is 2.05 bits per heavy atom. The number of rotatable bonds is 5. The van der Waals surface area contributed by atoms with Crippen molar-refractivity contribution in [2.45, 2.75) is 33.3 Å². The summed E-state index contributed by atoms with van der Waals surface area (Å²) < 4.78 is 5.60. The first-order valence-electron chi connectivity index (χ1n) is 6.61. The van der Waals surface area contributed by atoms with Gasteiger partial charge in [0.05, 0.1) is 11.8 Å². The van der Waals surface area contributed by atoms with Gasteiger partial charge in [-0.25, -0.2) is 4.98 Å². The van der Waals surface area contributed by atoms with Crippen LogP contribution >= 0.6 is 11.3 Å². The van der Waals surface area contributed by atoms with Crippen LogP contribution in [0.3, 0.4) is 0 Å². The normalized spacial score (nSPS) is 10.6. The lowest BCUT2D eigenvalue weighted by molar-refractivity contribution is -0.115. The van der Waals surface area contributed by atoms with Crippen molar-refractivity contribution in [1.82, 2.24) is 4.98 Å². The van der Waals surface area contributed by atoms with Gasteiger partial charge < -0.3 is 10.1 Å². The molecule has 0 fully saturated rings. The number of thiazole rings is 1. The highest BCUT2D eigenvalue weighted by atomic mass is 32.1. The molecule has 0 aliphatic rings. The maximum Gasteiger partial charge on any atom is 0.225 e. The number of carbonyl (C=O) groups excluding carboxylic acids is 1. The number of hydrogen-bond donors (Lipinski definition) is 1. The van der Waals surface area contributed by atoms with E-state index < -0.39 is 0 Å². The van der Waals surface area contributed by atoms with Crippen LogP contribution in [0.1, 0.15) is 27.2 Å². The number of amides is 1. The molecule has 0 atom stereocenters. The first-order chi connectivity index (χ1) is 9.58. The van der Waals surface area contributed by atoms with Gasteiger partial charge in [-0.2, -0.15) is 0 Å². The summed E-state index contributed by atoms with van der Waals surface area (Å²) >= 11 is 1.43. The first-order valence-corrected chi connectivity index (χ1v) is 7.49. The highest BCUT2D eigenvalue weighted by Gasteiger charge is 2.07. The Hall–Kier alpha value is -1.88. The summed E-state index contributed by atoms with van der Waals surface area (Å²) in [5, 5.41) is 5.33. The third-order valence-corrected chi connectivity index (χ3v) is 3.35. The molecule has 0 bridgehead atoms. The fourth-order valence-electron chi connectivity index (χ4n) is 1.65. The fraction of sp³-hybridized carbons (Fsp3) is 0.333. The summed E-state index contributed by atoms with van der Waals surface area (Å²) in [4.78, 5) is 15.7. The minimum Gasteiger partial charge on any atom is -0.491 e. The summed E-state index contributed by atoms with van der Waals surface area (Å²) in [6, 6.07) is 7.80. The molecule has 0 aliphatic carbocycles. The van der Waals surface area contributed by atoms with Gasteiger partial charge >= 0.3 is 0 Å². The van der Waals surface area contributed by atoms with Crippen LogP contribution in [0.25, 0.3) is 11.3 Å². The Labute approximate surface area is 122 Å². The number of anilines is 1. The van der Waals surface area contributed by atoms with Crippen molar-refractivity contribution in [3.63, 3.8) is 0 Å². The number of nitrogens with zero attached hydrogens (tertiary/aromatic N) is 1. The third-order valence-electron chi connectivity index (χ3n) is 2.59. The lowest BCUT2D eigenvalue weighted by atomic mass is 10.2. The molecule has 1 aromatic heterocycles. The monoisotopic (exact) mass is 290 g/mol. The maximum absolute atomic E-state index is 11.3. The van der Waals surface area contributed by atoms with Crippen LogP contribution in [0, 0.1) is 0 Å². The van der Waals surface area contributed by atoms with Crippen molar-refractivity contribution in [1.29, 1.82) is 0 Å². The van der Waals surface area contributed by atoms with Gasteiger partial charge in [-0.05, 0) is 38.1 Å². The van der Waals surface area contributed by atoms with Crippen molar-refractivity contribution >= 4 is 22.4 Å². The standard InChI is InChI=1S/C15H18N2O2S/c1-4-14(18)17-15-16-13(9-20-15)11-5-7-12(8-6-11)19-10(2)3/h5-10H,4H2,1-3H3,(H,16,17,18). The van der Waals surface area contributed by atoms with Crippen LogP contribution in [-0.2, 0) is 4.79 Å². The molecule has 0 saturated carbocycles. The van der Waals surface area contributed by atoms with Gasteiger partial charge in [-0.1, -0.05) is 6.92 Å². The van der Waals surface area contributed by atoms with E-state index >= 15 is 0 Å². The van der Waals surface area contributed by atoms with E-state index in [9.17, 15) is 4.79 Å². The van der Waals surface area contributed by atoms with Gasteiger partial charge in [0.1, 0.15) is 5.75 Å². The van der Waals surface area contributed by atoms with E-state index in [2.05, 4.69) is 10.3 Å². The van der Waals surface area contributed by atoms with E-state index in [0.29, 0.717) is 11.6 Å². The SMILES string of the molecule is CCC(=O)Nc1nc(-c2ccc(OC(C)C)cc2)cs1. The molecule has 2 aromatic rings. The molecule has 0 aliphatic heterocycles. The van der Waals surface area contributed by atoms with Crippen LogP contribution in [-0.4, -0.2) is 17.0 Å². The highest BCUT2D eigenvalue weighted by Crippen LogP contribution is 2.26. The summed E-state index contributed by atoms with van der Waals surface area (Å²) in [6.07, 6.45) is 0.617. The first kappa shape index (κ1) is 14.5. The Kier molecular flexibility index (Phi) is 4.74. The number of ether oxygens (including phenoxy) is 1. The molecule has 106 valence electrons. The minimum absolute atomic E-state index is 0.0217. The van der Waals surface area contributed by atoms with Crippen molar-refractivity contribution in [2.24, 2.45) is 0 Å². The molecular formula is C15H18N2O2S. The largest absolute Gasteiger partial charge is 0.491 e. The lowest BCUT2D eigenvalue weighted by Crippen LogP contribution is -2.08. The smallest absolute Gasteiger partial charge is 0.225 e. The molecule has 4 nitrogen and oxygen atoms in total. The Morgan fingerprint density at radius 1 is 1.35 bits per heavy atom. The van der Waals surface area contributed by atoms with Crippen LogP contribution in [0.4, 0.5) is 5.13 Å². The van der Waals surface area contributed by atoms with Gasteiger partial charge in [-0.15, -0.1) is 11.3 Å². The number of hydrogen-bond acceptors (Lipinski definition) is 4. The average Bonchev–Trinajstić information content (AvgIpc) is 2.87. The van der Waals surface area contributed by atoms with Gasteiger partial charge in [0.25, 0.3) is 0 Å². The van der Waals surface area contributed by atoms with E-state index in [4.69, 9.17) is 4.74 Å². The zero-order valence-corrected chi connectivity index (χ0v) is 12.7. The summed E-state index contributed by atoms with van der Waals surface area (Å²) in [5.74, 6) is 0.824. The maximum atomic E-state index is 11.3. The number of benzene rings is 1.